The first-order valence-corrected chi connectivity index (χ1v) is 5.10. The van der Waals surface area contributed by atoms with Crippen LogP contribution in [0.5, 0.6) is 0 Å². The Bertz CT molecular complexity index is 235. The average molecular weight is 219 g/mol. The fourth-order valence-corrected chi connectivity index (χ4v) is 1.64. The molecule has 1 atom stereocenters. The number of carbonyl (C=O) groups excluding carboxylic acids is 1. The van der Waals surface area contributed by atoms with Crippen LogP contribution < -0.4 is 0 Å². The fraction of sp³-hybridized carbons (Fsp3) is 0.900. The lowest BCUT2D eigenvalue weighted by Crippen LogP contribution is -2.37. The van der Waals surface area contributed by atoms with Crippen molar-refractivity contribution >= 4 is 6.09 Å². The highest BCUT2D eigenvalue weighted by Gasteiger charge is 2.41. The van der Waals surface area contributed by atoms with Gasteiger partial charge in [0, 0.05) is 20.1 Å². The molecular formula is C10H18FNO3. The largest absolute Gasteiger partial charge is 0.447 e. The van der Waals surface area contributed by atoms with Gasteiger partial charge in [0.25, 0.3) is 0 Å². The molecule has 15 heavy (non-hydrogen) atoms. The summed E-state index contributed by atoms with van der Waals surface area (Å²) in [6.45, 7) is 4.02. The van der Waals surface area contributed by atoms with Crippen LogP contribution in [0.1, 0.15) is 20.3 Å². The van der Waals surface area contributed by atoms with Crippen LogP contribution in [0.3, 0.4) is 0 Å². The van der Waals surface area contributed by atoms with Gasteiger partial charge in [-0.15, -0.1) is 0 Å². The first-order chi connectivity index (χ1) is 6.97. The number of ether oxygens (including phenoxy) is 2. The minimum absolute atomic E-state index is 0.0262. The highest BCUT2D eigenvalue weighted by atomic mass is 19.1. The Morgan fingerprint density at radius 1 is 1.60 bits per heavy atom. The molecule has 1 aliphatic rings. The highest BCUT2D eigenvalue weighted by molar-refractivity contribution is 5.68. The molecule has 0 radical (unpaired) electrons. The van der Waals surface area contributed by atoms with Crippen LogP contribution in [-0.4, -0.2) is 49.6 Å². The predicted octanol–water partition coefficient (Wildman–Crippen LogP) is 1.59. The first-order valence-electron chi connectivity index (χ1n) is 5.10. The van der Waals surface area contributed by atoms with Gasteiger partial charge in [-0.25, -0.2) is 9.18 Å². The SMILES string of the molecule is COCC1(F)CCN(C(=O)OC(C)C)C1. The zero-order chi connectivity index (χ0) is 11.5. The Kier molecular flexibility index (Phi) is 3.90. The molecule has 1 saturated heterocycles. The second-order valence-corrected chi connectivity index (χ2v) is 4.19. The number of carbonyl (C=O) groups is 1. The molecule has 1 heterocycles. The van der Waals surface area contributed by atoms with Crippen molar-refractivity contribution in [3.05, 3.63) is 0 Å². The third-order valence-corrected chi connectivity index (χ3v) is 2.30. The molecule has 1 amide bonds. The Labute approximate surface area is 89.3 Å². The topological polar surface area (TPSA) is 38.8 Å². The Balaban J connectivity index is 2.45. The number of alkyl halides is 1. The summed E-state index contributed by atoms with van der Waals surface area (Å²) in [5.41, 5.74) is -1.41. The third-order valence-electron chi connectivity index (χ3n) is 2.30. The van der Waals surface area contributed by atoms with Crippen molar-refractivity contribution in [1.82, 2.24) is 4.90 Å². The van der Waals surface area contributed by atoms with E-state index in [1.54, 1.807) is 13.8 Å². The number of nitrogens with zero attached hydrogens (tertiary/aromatic N) is 1. The number of amides is 1. The zero-order valence-corrected chi connectivity index (χ0v) is 9.46. The summed E-state index contributed by atoms with van der Waals surface area (Å²) in [4.78, 5) is 12.8. The van der Waals surface area contributed by atoms with E-state index in [2.05, 4.69) is 0 Å². The van der Waals surface area contributed by atoms with E-state index in [0.29, 0.717) is 13.0 Å². The minimum Gasteiger partial charge on any atom is -0.447 e. The summed E-state index contributed by atoms with van der Waals surface area (Å²) in [6.07, 6.45) is -0.302. The molecule has 1 fully saturated rings. The van der Waals surface area contributed by atoms with Gasteiger partial charge in [0.1, 0.15) is 0 Å². The molecule has 0 N–H and O–H groups in total. The molecule has 0 saturated carbocycles. The minimum atomic E-state index is -1.41. The third kappa shape index (κ3) is 3.34. The van der Waals surface area contributed by atoms with Crippen LogP contribution in [0.2, 0.25) is 0 Å². The molecule has 4 nitrogen and oxygen atoms in total. The van der Waals surface area contributed by atoms with Gasteiger partial charge in [-0.05, 0) is 13.8 Å². The predicted molar refractivity (Wildman–Crippen MR) is 53.5 cm³/mol. The number of hydrogen-bond acceptors (Lipinski definition) is 3. The standard InChI is InChI=1S/C10H18FNO3/c1-8(2)15-9(13)12-5-4-10(11,6-12)7-14-3/h8H,4-7H2,1-3H3. The molecule has 0 aromatic rings. The van der Waals surface area contributed by atoms with E-state index in [0.717, 1.165) is 0 Å². The molecule has 1 aliphatic heterocycles. The van der Waals surface area contributed by atoms with Gasteiger partial charge in [-0.3, -0.25) is 0 Å². The van der Waals surface area contributed by atoms with E-state index < -0.39 is 11.8 Å². The van der Waals surface area contributed by atoms with Crippen molar-refractivity contribution in [2.24, 2.45) is 0 Å². The van der Waals surface area contributed by atoms with Gasteiger partial charge in [0.2, 0.25) is 0 Å². The number of rotatable bonds is 3. The fourth-order valence-electron chi connectivity index (χ4n) is 1.64. The quantitative estimate of drug-likeness (QED) is 0.723. The maximum Gasteiger partial charge on any atom is 0.410 e. The molecule has 0 aliphatic carbocycles. The molecule has 0 aromatic heterocycles. The number of halogens is 1. The molecule has 0 bridgehead atoms. The van der Waals surface area contributed by atoms with Crippen LogP contribution >= 0.6 is 0 Å². The van der Waals surface area contributed by atoms with Crippen LogP contribution in [-0.2, 0) is 9.47 Å². The monoisotopic (exact) mass is 219 g/mol. The average Bonchev–Trinajstić information content (AvgIpc) is 2.47. The van der Waals surface area contributed by atoms with Crippen molar-refractivity contribution in [3.63, 3.8) is 0 Å². The number of methoxy groups -OCH3 is 1. The summed E-state index contributed by atoms with van der Waals surface area (Å²) in [6, 6.07) is 0. The number of hydrogen-bond donors (Lipinski definition) is 0. The van der Waals surface area contributed by atoms with Gasteiger partial charge < -0.3 is 14.4 Å². The Morgan fingerprint density at radius 3 is 2.80 bits per heavy atom. The van der Waals surface area contributed by atoms with E-state index in [1.807, 2.05) is 0 Å². The summed E-state index contributed by atoms with van der Waals surface area (Å²) < 4.78 is 23.7. The summed E-state index contributed by atoms with van der Waals surface area (Å²) in [7, 11) is 1.45. The molecule has 0 spiro atoms. The van der Waals surface area contributed by atoms with Crippen molar-refractivity contribution < 1.29 is 18.7 Å². The lowest BCUT2D eigenvalue weighted by molar-refractivity contribution is 0.0404. The second kappa shape index (κ2) is 4.79. The number of likely N-dealkylation sites (tertiary alicyclic amines) is 1. The van der Waals surface area contributed by atoms with Crippen LogP contribution in [0.25, 0.3) is 0 Å². The van der Waals surface area contributed by atoms with Gasteiger partial charge in [-0.1, -0.05) is 0 Å². The Morgan fingerprint density at radius 2 is 2.27 bits per heavy atom. The lowest BCUT2D eigenvalue weighted by atomic mass is 10.1. The van der Waals surface area contributed by atoms with E-state index in [1.165, 1.54) is 12.0 Å². The molecule has 5 heteroatoms. The highest BCUT2D eigenvalue weighted by Crippen LogP contribution is 2.26. The van der Waals surface area contributed by atoms with Gasteiger partial charge in [-0.2, -0.15) is 0 Å². The van der Waals surface area contributed by atoms with Crippen LogP contribution in [0, 0.1) is 0 Å². The summed E-state index contributed by atoms with van der Waals surface area (Å²) in [5, 5.41) is 0. The van der Waals surface area contributed by atoms with Crippen molar-refractivity contribution in [2.45, 2.75) is 32.0 Å². The molecule has 1 unspecified atom stereocenters. The van der Waals surface area contributed by atoms with Crippen LogP contribution in [0.15, 0.2) is 0 Å². The van der Waals surface area contributed by atoms with E-state index in [9.17, 15) is 9.18 Å². The van der Waals surface area contributed by atoms with Gasteiger partial charge in [0.15, 0.2) is 5.67 Å². The maximum absolute atomic E-state index is 13.9. The van der Waals surface area contributed by atoms with Crippen molar-refractivity contribution in [3.8, 4) is 0 Å². The molecule has 1 rings (SSSR count). The lowest BCUT2D eigenvalue weighted by Gasteiger charge is -2.20. The smallest absolute Gasteiger partial charge is 0.410 e. The van der Waals surface area contributed by atoms with Crippen LogP contribution in [0.4, 0.5) is 9.18 Å². The van der Waals surface area contributed by atoms with E-state index in [4.69, 9.17) is 9.47 Å². The first kappa shape index (κ1) is 12.2. The molecule has 0 aromatic carbocycles. The summed E-state index contributed by atoms with van der Waals surface area (Å²) in [5.74, 6) is 0. The normalized spacial score (nSPS) is 26.1. The van der Waals surface area contributed by atoms with Gasteiger partial charge >= 0.3 is 6.09 Å². The summed E-state index contributed by atoms with van der Waals surface area (Å²) >= 11 is 0. The second-order valence-electron chi connectivity index (χ2n) is 4.19. The molecular weight excluding hydrogens is 201 g/mol. The van der Waals surface area contributed by atoms with E-state index >= 15 is 0 Å². The maximum atomic E-state index is 13.9. The van der Waals surface area contributed by atoms with E-state index in [-0.39, 0.29) is 19.3 Å². The van der Waals surface area contributed by atoms with Gasteiger partial charge in [0.05, 0.1) is 19.3 Å². The van der Waals surface area contributed by atoms with Crippen molar-refractivity contribution in [1.29, 1.82) is 0 Å². The Hall–Kier alpha value is -0.840. The van der Waals surface area contributed by atoms with Crippen molar-refractivity contribution in [2.75, 3.05) is 26.8 Å². The molecule has 88 valence electrons. The zero-order valence-electron chi connectivity index (χ0n) is 9.46.